The first-order chi connectivity index (χ1) is 12.2. The van der Waals surface area contributed by atoms with Gasteiger partial charge in [-0.25, -0.2) is 4.39 Å². The Balaban J connectivity index is 2.02. The number of halogens is 1. The minimum Gasteiger partial charge on any atom is -0.330 e. The van der Waals surface area contributed by atoms with E-state index in [1.807, 2.05) is 30.3 Å². The second-order valence-corrected chi connectivity index (χ2v) is 5.53. The highest BCUT2D eigenvalue weighted by Gasteiger charge is 2.20. The molecule has 0 atom stereocenters. The van der Waals surface area contributed by atoms with Crippen molar-refractivity contribution in [1.82, 2.24) is 4.98 Å². The van der Waals surface area contributed by atoms with Crippen LogP contribution in [0.1, 0.15) is 15.9 Å². The van der Waals surface area contributed by atoms with Crippen molar-refractivity contribution in [3.05, 3.63) is 90.0 Å². The molecule has 0 radical (unpaired) electrons. The van der Waals surface area contributed by atoms with Crippen LogP contribution in [0.5, 0.6) is 0 Å². The number of para-hydroxylation sites is 1. The van der Waals surface area contributed by atoms with Crippen molar-refractivity contribution in [3.8, 4) is 0 Å². The second kappa shape index (κ2) is 7.68. The van der Waals surface area contributed by atoms with Gasteiger partial charge in [0.1, 0.15) is 5.82 Å². The van der Waals surface area contributed by atoms with E-state index in [9.17, 15) is 9.18 Å². The number of benzene rings is 2. The second-order valence-electron chi connectivity index (χ2n) is 5.53. The van der Waals surface area contributed by atoms with Gasteiger partial charge in [-0.1, -0.05) is 24.3 Å². The molecule has 0 saturated carbocycles. The van der Waals surface area contributed by atoms with Gasteiger partial charge in [-0.15, -0.1) is 0 Å². The van der Waals surface area contributed by atoms with E-state index in [0.717, 1.165) is 0 Å². The van der Waals surface area contributed by atoms with E-state index < -0.39 is 5.82 Å². The monoisotopic (exact) mass is 335 g/mol. The smallest absolute Gasteiger partial charge is 0.262 e. The fraction of sp³-hybridized carbons (Fsp3) is 0.100. The van der Waals surface area contributed by atoms with Gasteiger partial charge in [0.2, 0.25) is 0 Å². The fourth-order valence-electron chi connectivity index (χ4n) is 2.62. The summed E-state index contributed by atoms with van der Waals surface area (Å²) in [6.07, 6.45) is 3.67. The summed E-state index contributed by atoms with van der Waals surface area (Å²) in [6, 6.07) is 17.2. The summed E-state index contributed by atoms with van der Waals surface area (Å²) in [6.45, 7) is 0.359. The first-order valence-corrected chi connectivity index (χ1v) is 7.98. The Morgan fingerprint density at radius 1 is 1.00 bits per heavy atom. The lowest BCUT2D eigenvalue weighted by Gasteiger charge is -2.23. The van der Waals surface area contributed by atoms with Crippen LogP contribution in [-0.4, -0.2) is 17.4 Å². The number of pyridine rings is 1. The number of nitrogens with zero attached hydrogens (tertiary/aromatic N) is 2. The van der Waals surface area contributed by atoms with Gasteiger partial charge < -0.3 is 5.73 Å². The van der Waals surface area contributed by atoms with Crippen LogP contribution in [0.4, 0.5) is 15.8 Å². The molecule has 0 aliphatic rings. The number of anilines is 2. The van der Waals surface area contributed by atoms with Gasteiger partial charge >= 0.3 is 0 Å². The number of hydrogen-bond donors (Lipinski definition) is 1. The molecule has 3 rings (SSSR count). The van der Waals surface area contributed by atoms with E-state index in [4.69, 9.17) is 5.73 Å². The number of aromatic nitrogens is 1. The van der Waals surface area contributed by atoms with Crippen LogP contribution in [0.3, 0.4) is 0 Å². The van der Waals surface area contributed by atoms with Crippen LogP contribution in [0.25, 0.3) is 0 Å². The highest BCUT2D eigenvalue weighted by atomic mass is 19.1. The highest BCUT2D eigenvalue weighted by molar-refractivity contribution is 6.10. The van der Waals surface area contributed by atoms with E-state index >= 15 is 0 Å². The standard InChI is InChI=1S/C20H18FN3O/c21-19-14-16(7-6-15(19)8-11-22)20(25)24(17-4-2-1-3-5-17)18-9-12-23-13-10-18/h1-7,9-10,12-14H,8,11,22H2. The van der Waals surface area contributed by atoms with Gasteiger partial charge in [-0.05, 0) is 54.9 Å². The van der Waals surface area contributed by atoms with Crippen molar-refractivity contribution in [3.63, 3.8) is 0 Å². The molecule has 0 aliphatic carbocycles. The topological polar surface area (TPSA) is 59.2 Å². The largest absolute Gasteiger partial charge is 0.330 e. The Morgan fingerprint density at radius 2 is 1.68 bits per heavy atom. The van der Waals surface area contributed by atoms with Crippen molar-refractivity contribution in [2.24, 2.45) is 5.73 Å². The quantitative estimate of drug-likeness (QED) is 0.773. The number of carbonyl (C=O) groups excluding carboxylic acids is 1. The minimum absolute atomic E-state index is 0.277. The third-order valence-corrected chi connectivity index (χ3v) is 3.85. The zero-order valence-electron chi connectivity index (χ0n) is 13.6. The molecule has 1 heterocycles. The molecule has 0 unspecified atom stereocenters. The van der Waals surface area contributed by atoms with E-state index in [1.165, 1.54) is 6.07 Å². The lowest BCUT2D eigenvalue weighted by atomic mass is 10.1. The third-order valence-electron chi connectivity index (χ3n) is 3.85. The Hall–Kier alpha value is -3.05. The van der Waals surface area contributed by atoms with Crippen LogP contribution in [0.2, 0.25) is 0 Å². The molecule has 25 heavy (non-hydrogen) atoms. The Kier molecular flexibility index (Phi) is 5.16. The molecule has 126 valence electrons. The Labute approximate surface area is 145 Å². The average Bonchev–Trinajstić information content (AvgIpc) is 2.65. The van der Waals surface area contributed by atoms with Crippen molar-refractivity contribution < 1.29 is 9.18 Å². The first-order valence-electron chi connectivity index (χ1n) is 7.98. The van der Waals surface area contributed by atoms with Gasteiger partial charge in [-0.3, -0.25) is 14.7 Å². The summed E-state index contributed by atoms with van der Waals surface area (Å²) >= 11 is 0. The predicted molar refractivity (Wildman–Crippen MR) is 96.3 cm³/mol. The number of hydrogen-bond acceptors (Lipinski definition) is 3. The van der Waals surface area contributed by atoms with Crippen molar-refractivity contribution in [1.29, 1.82) is 0 Å². The maximum Gasteiger partial charge on any atom is 0.262 e. The molecule has 0 fully saturated rings. The lowest BCUT2D eigenvalue weighted by molar-refractivity contribution is 0.0999. The lowest BCUT2D eigenvalue weighted by Crippen LogP contribution is -2.26. The van der Waals surface area contributed by atoms with Crippen LogP contribution in [-0.2, 0) is 6.42 Å². The van der Waals surface area contributed by atoms with Crippen LogP contribution >= 0.6 is 0 Å². The summed E-state index contributed by atoms with van der Waals surface area (Å²) in [5, 5.41) is 0. The molecule has 2 aromatic carbocycles. The molecule has 3 aromatic rings. The Morgan fingerprint density at radius 3 is 2.32 bits per heavy atom. The number of amides is 1. The normalized spacial score (nSPS) is 10.5. The number of rotatable bonds is 5. The molecule has 2 N–H and O–H groups in total. The molecule has 0 bridgehead atoms. The maximum atomic E-state index is 14.2. The summed E-state index contributed by atoms with van der Waals surface area (Å²) < 4.78 is 14.2. The molecular weight excluding hydrogens is 317 g/mol. The average molecular weight is 335 g/mol. The molecule has 1 aromatic heterocycles. The third kappa shape index (κ3) is 3.72. The summed E-state index contributed by atoms with van der Waals surface area (Å²) in [5.41, 5.74) is 7.63. The zero-order valence-corrected chi connectivity index (χ0v) is 13.6. The SMILES string of the molecule is NCCc1ccc(C(=O)N(c2ccccc2)c2ccncc2)cc1F. The van der Waals surface area contributed by atoms with E-state index in [0.29, 0.717) is 29.9 Å². The summed E-state index contributed by atoms with van der Waals surface area (Å²) in [7, 11) is 0. The van der Waals surface area contributed by atoms with Crippen molar-refractivity contribution in [2.45, 2.75) is 6.42 Å². The van der Waals surface area contributed by atoms with Crippen LogP contribution in [0.15, 0.2) is 73.1 Å². The van der Waals surface area contributed by atoms with E-state index in [2.05, 4.69) is 4.98 Å². The van der Waals surface area contributed by atoms with Gasteiger partial charge in [-0.2, -0.15) is 0 Å². The van der Waals surface area contributed by atoms with Gasteiger partial charge in [0.15, 0.2) is 0 Å². The van der Waals surface area contributed by atoms with Gasteiger partial charge in [0.25, 0.3) is 5.91 Å². The highest BCUT2D eigenvalue weighted by Crippen LogP contribution is 2.27. The minimum atomic E-state index is -0.418. The summed E-state index contributed by atoms with van der Waals surface area (Å²) in [4.78, 5) is 18.6. The van der Waals surface area contributed by atoms with Crippen molar-refractivity contribution >= 4 is 17.3 Å². The molecule has 5 heteroatoms. The molecule has 0 spiro atoms. The molecule has 4 nitrogen and oxygen atoms in total. The molecule has 1 amide bonds. The zero-order chi connectivity index (χ0) is 17.6. The summed E-state index contributed by atoms with van der Waals surface area (Å²) in [5.74, 6) is -0.727. The first kappa shape index (κ1) is 16.8. The van der Waals surface area contributed by atoms with Crippen LogP contribution < -0.4 is 10.6 Å². The molecular formula is C20H18FN3O. The predicted octanol–water partition coefficient (Wildman–Crippen LogP) is 3.70. The van der Waals surface area contributed by atoms with E-state index in [1.54, 1.807) is 41.6 Å². The number of nitrogens with two attached hydrogens (primary N) is 1. The van der Waals surface area contributed by atoms with Crippen molar-refractivity contribution in [2.75, 3.05) is 11.4 Å². The maximum absolute atomic E-state index is 14.2. The van der Waals surface area contributed by atoms with Gasteiger partial charge in [0.05, 0.1) is 5.69 Å². The number of carbonyl (C=O) groups is 1. The molecule has 0 saturated heterocycles. The fourth-order valence-corrected chi connectivity index (χ4v) is 2.62. The van der Waals surface area contributed by atoms with Crippen LogP contribution in [0, 0.1) is 5.82 Å². The van der Waals surface area contributed by atoms with E-state index in [-0.39, 0.29) is 11.5 Å². The van der Waals surface area contributed by atoms with Gasteiger partial charge in [0, 0.05) is 23.6 Å². The molecule has 0 aliphatic heterocycles. The Bertz CT molecular complexity index is 814.